The number of hydrogen-bond donors (Lipinski definition) is 2. The van der Waals surface area contributed by atoms with Crippen molar-refractivity contribution in [3.63, 3.8) is 0 Å². The molecular weight excluding hydrogens is 251 g/mol. The molecule has 0 saturated heterocycles. The quantitative estimate of drug-likeness (QED) is 0.634. The smallest absolute Gasteiger partial charge is 0.0565 e. The molecule has 15 heavy (non-hydrogen) atoms. The van der Waals surface area contributed by atoms with E-state index in [0.29, 0.717) is 10.0 Å². The Morgan fingerprint density at radius 1 is 1.47 bits per heavy atom. The number of hydrazine groups is 1. The fraction of sp³-hybridized carbons (Fsp3) is 0.400. The molecule has 0 radical (unpaired) electrons. The summed E-state index contributed by atoms with van der Waals surface area (Å²) in [7, 11) is 0. The van der Waals surface area contributed by atoms with Gasteiger partial charge in [0.1, 0.15) is 0 Å². The van der Waals surface area contributed by atoms with Crippen LogP contribution in [0.5, 0.6) is 0 Å². The second-order valence-corrected chi connectivity index (χ2v) is 5.21. The van der Waals surface area contributed by atoms with Gasteiger partial charge in [-0.2, -0.15) is 11.8 Å². The molecule has 0 bridgehead atoms. The van der Waals surface area contributed by atoms with E-state index in [1.165, 1.54) is 0 Å². The molecule has 0 aliphatic heterocycles. The van der Waals surface area contributed by atoms with E-state index < -0.39 is 0 Å². The Morgan fingerprint density at radius 3 is 2.80 bits per heavy atom. The van der Waals surface area contributed by atoms with Crippen molar-refractivity contribution in [3.8, 4) is 0 Å². The third kappa shape index (κ3) is 3.85. The van der Waals surface area contributed by atoms with Crippen LogP contribution < -0.4 is 11.3 Å². The molecule has 0 spiro atoms. The molecule has 0 amide bonds. The van der Waals surface area contributed by atoms with Crippen LogP contribution in [0.4, 0.5) is 0 Å². The van der Waals surface area contributed by atoms with Gasteiger partial charge in [-0.3, -0.25) is 11.3 Å². The first kappa shape index (κ1) is 13.1. The Balaban J connectivity index is 2.85. The van der Waals surface area contributed by atoms with Crippen LogP contribution in [-0.2, 0) is 0 Å². The van der Waals surface area contributed by atoms with Gasteiger partial charge < -0.3 is 0 Å². The first-order chi connectivity index (χ1) is 7.19. The highest BCUT2D eigenvalue weighted by molar-refractivity contribution is 7.99. The molecule has 1 aromatic carbocycles. The predicted molar refractivity (Wildman–Crippen MR) is 69.5 cm³/mol. The van der Waals surface area contributed by atoms with Gasteiger partial charge in [0.15, 0.2) is 0 Å². The van der Waals surface area contributed by atoms with E-state index in [-0.39, 0.29) is 6.04 Å². The Kier molecular flexibility index (Phi) is 5.79. The van der Waals surface area contributed by atoms with Crippen LogP contribution in [-0.4, -0.2) is 11.5 Å². The average Bonchev–Trinajstić information content (AvgIpc) is 2.24. The van der Waals surface area contributed by atoms with Gasteiger partial charge in [-0.15, -0.1) is 0 Å². The number of rotatable bonds is 5. The van der Waals surface area contributed by atoms with Gasteiger partial charge in [0.2, 0.25) is 0 Å². The Bertz CT molecular complexity index is 320. The van der Waals surface area contributed by atoms with Gasteiger partial charge in [-0.1, -0.05) is 30.1 Å². The van der Waals surface area contributed by atoms with E-state index in [0.717, 1.165) is 17.1 Å². The van der Waals surface area contributed by atoms with Crippen molar-refractivity contribution in [1.82, 2.24) is 5.43 Å². The second-order valence-electron chi connectivity index (χ2n) is 3.04. The number of nitrogens with two attached hydrogens (primary N) is 1. The van der Waals surface area contributed by atoms with Crippen molar-refractivity contribution in [1.29, 1.82) is 0 Å². The highest BCUT2D eigenvalue weighted by Crippen LogP contribution is 2.27. The molecule has 84 valence electrons. The van der Waals surface area contributed by atoms with Crippen LogP contribution >= 0.6 is 35.0 Å². The lowest BCUT2D eigenvalue weighted by molar-refractivity contribution is 0.611. The van der Waals surface area contributed by atoms with Crippen LogP contribution in [0.3, 0.4) is 0 Å². The summed E-state index contributed by atoms with van der Waals surface area (Å²) >= 11 is 13.8. The van der Waals surface area contributed by atoms with E-state index in [1.807, 2.05) is 6.07 Å². The van der Waals surface area contributed by atoms with E-state index in [2.05, 4.69) is 12.3 Å². The minimum Gasteiger partial charge on any atom is -0.271 e. The summed E-state index contributed by atoms with van der Waals surface area (Å²) in [6.07, 6.45) is 0. The fourth-order valence-corrected chi connectivity index (χ4v) is 2.42. The lowest BCUT2D eigenvalue weighted by Gasteiger charge is -2.17. The topological polar surface area (TPSA) is 38.0 Å². The van der Waals surface area contributed by atoms with Gasteiger partial charge in [-0.05, 0) is 29.5 Å². The Labute approximate surface area is 104 Å². The normalized spacial score (nSPS) is 12.8. The first-order valence-corrected chi connectivity index (χ1v) is 6.59. The summed E-state index contributed by atoms with van der Waals surface area (Å²) in [6.45, 7) is 2.11. The highest BCUT2D eigenvalue weighted by atomic mass is 35.5. The number of halogens is 2. The maximum atomic E-state index is 6.09. The van der Waals surface area contributed by atoms with E-state index in [4.69, 9.17) is 29.0 Å². The van der Waals surface area contributed by atoms with Crippen molar-refractivity contribution in [3.05, 3.63) is 33.8 Å². The summed E-state index contributed by atoms with van der Waals surface area (Å²) in [6, 6.07) is 5.46. The Hall–Kier alpha value is 0.0700. The molecule has 1 aromatic rings. The monoisotopic (exact) mass is 264 g/mol. The number of hydrogen-bond acceptors (Lipinski definition) is 3. The molecule has 1 rings (SSSR count). The van der Waals surface area contributed by atoms with Crippen LogP contribution in [0, 0.1) is 0 Å². The molecule has 5 heteroatoms. The second kappa shape index (κ2) is 6.61. The number of benzene rings is 1. The summed E-state index contributed by atoms with van der Waals surface area (Å²) in [5.41, 5.74) is 3.71. The van der Waals surface area contributed by atoms with Crippen molar-refractivity contribution in [2.45, 2.75) is 13.0 Å². The summed E-state index contributed by atoms with van der Waals surface area (Å²) in [4.78, 5) is 0. The molecule has 3 N–H and O–H groups in total. The molecule has 0 aliphatic carbocycles. The summed E-state index contributed by atoms with van der Waals surface area (Å²) in [5.74, 6) is 7.43. The van der Waals surface area contributed by atoms with Crippen molar-refractivity contribution in [2.24, 2.45) is 5.84 Å². The molecule has 0 heterocycles. The predicted octanol–water partition coefficient (Wildman–Crippen LogP) is 3.25. The lowest BCUT2D eigenvalue weighted by atomic mass is 10.1. The lowest BCUT2D eigenvalue weighted by Crippen LogP contribution is -2.30. The Morgan fingerprint density at radius 2 is 2.20 bits per heavy atom. The van der Waals surface area contributed by atoms with Crippen molar-refractivity contribution < 1.29 is 0 Å². The SMILES string of the molecule is CCSCC(NN)c1cc(Cl)ccc1Cl. The zero-order chi connectivity index (χ0) is 11.3. The zero-order valence-electron chi connectivity index (χ0n) is 8.47. The molecule has 0 aromatic heterocycles. The van der Waals surface area contributed by atoms with Crippen molar-refractivity contribution >= 4 is 35.0 Å². The maximum Gasteiger partial charge on any atom is 0.0565 e. The van der Waals surface area contributed by atoms with Crippen LogP contribution in [0.2, 0.25) is 10.0 Å². The van der Waals surface area contributed by atoms with Crippen molar-refractivity contribution in [2.75, 3.05) is 11.5 Å². The highest BCUT2D eigenvalue weighted by Gasteiger charge is 2.13. The molecular formula is C10H14Cl2N2S. The fourth-order valence-electron chi connectivity index (χ4n) is 1.25. The standard InChI is InChI=1S/C10H14Cl2N2S/c1-2-15-6-10(14-13)8-5-7(11)3-4-9(8)12/h3-5,10,14H,2,6,13H2,1H3. The van der Waals surface area contributed by atoms with Gasteiger partial charge in [0, 0.05) is 15.8 Å². The largest absolute Gasteiger partial charge is 0.271 e. The van der Waals surface area contributed by atoms with Gasteiger partial charge in [0.25, 0.3) is 0 Å². The van der Waals surface area contributed by atoms with Crippen LogP contribution in [0.1, 0.15) is 18.5 Å². The van der Waals surface area contributed by atoms with Gasteiger partial charge >= 0.3 is 0 Å². The van der Waals surface area contributed by atoms with E-state index in [9.17, 15) is 0 Å². The molecule has 0 fully saturated rings. The zero-order valence-corrected chi connectivity index (χ0v) is 10.8. The molecule has 1 unspecified atom stereocenters. The summed E-state index contributed by atoms with van der Waals surface area (Å²) in [5, 5.41) is 1.37. The number of thioether (sulfide) groups is 1. The van der Waals surface area contributed by atoms with Crippen LogP contribution in [0.25, 0.3) is 0 Å². The minimum atomic E-state index is 0.0427. The number of nitrogens with one attached hydrogen (secondary N) is 1. The van der Waals surface area contributed by atoms with Crippen LogP contribution in [0.15, 0.2) is 18.2 Å². The molecule has 2 nitrogen and oxygen atoms in total. The molecule has 0 saturated carbocycles. The molecule has 0 aliphatic rings. The van der Waals surface area contributed by atoms with E-state index >= 15 is 0 Å². The molecule has 1 atom stereocenters. The maximum absolute atomic E-state index is 6.09. The van der Waals surface area contributed by atoms with Gasteiger partial charge in [0.05, 0.1) is 6.04 Å². The summed E-state index contributed by atoms with van der Waals surface area (Å²) < 4.78 is 0. The third-order valence-corrected chi connectivity index (χ3v) is 3.58. The minimum absolute atomic E-state index is 0.0427. The first-order valence-electron chi connectivity index (χ1n) is 4.67. The van der Waals surface area contributed by atoms with Gasteiger partial charge in [-0.25, -0.2) is 0 Å². The third-order valence-electron chi connectivity index (χ3n) is 2.02. The van der Waals surface area contributed by atoms with E-state index in [1.54, 1.807) is 23.9 Å². The average molecular weight is 265 g/mol.